The van der Waals surface area contributed by atoms with Crippen LogP contribution in [-0.2, 0) is 0 Å². The molecule has 2 aromatic heterocycles. The van der Waals surface area contributed by atoms with E-state index in [0.29, 0.717) is 23.8 Å². The largest absolute Gasteiger partial charge is 0.387 e. The first-order valence-corrected chi connectivity index (χ1v) is 7.26. The van der Waals surface area contributed by atoms with E-state index in [1.807, 2.05) is 0 Å². The SMILES string of the molecule is O=[N+]([O-])c1cnc2ccc(NCC3(O)CCSC3)nn12. The van der Waals surface area contributed by atoms with E-state index < -0.39 is 10.5 Å². The van der Waals surface area contributed by atoms with Crippen molar-refractivity contribution in [1.82, 2.24) is 14.6 Å². The van der Waals surface area contributed by atoms with Crippen molar-refractivity contribution < 1.29 is 10.0 Å². The van der Waals surface area contributed by atoms with E-state index in [0.717, 1.165) is 12.2 Å². The zero-order valence-electron chi connectivity index (χ0n) is 10.5. The van der Waals surface area contributed by atoms with Crippen LogP contribution in [0, 0.1) is 10.1 Å². The molecule has 0 bridgehead atoms. The fraction of sp³-hybridized carbons (Fsp3) is 0.455. The number of hydrogen-bond donors (Lipinski definition) is 2. The minimum Gasteiger partial charge on any atom is -0.387 e. The molecule has 1 saturated heterocycles. The molecule has 3 rings (SSSR count). The van der Waals surface area contributed by atoms with E-state index in [9.17, 15) is 15.2 Å². The first-order valence-electron chi connectivity index (χ1n) is 6.11. The average molecular weight is 295 g/mol. The number of aromatic nitrogens is 3. The van der Waals surface area contributed by atoms with E-state index in [1.165, 1.54) is 10.7 Å². The highest BCUT2D eigenvalue weighted by atomic mass is 32.2. The summed E-state index contributed by atoms with van der Waals surface area (Å²) in [6, 6.07) is 3.34. The van der Waals surface area contributed by atoms with Crippen LogP contribution in [0.4, 0.5) is 11.6 Å². The van der Waals surface area contributed by atoms with Crippen molar-refractivity contribution in [2.45, 2.75) is 12.0 Å². The Morgan fingerprint density at radius 2 is 2.45 bits per heavy atom. The van der Waals surface area contributed by atoms with Gasteiger partial charge in [-0.2, -0.15) is 11.8 Å². The maximum Gasteiger partial charge on any atom is 0.368 e. The zero-order chi connectivity index (χ0) is 14.2. The number of fused-ring (bicyclic) bond motifs is 1. The summed E-state index contributed by atoms with van der Waals surface area (Å²) in [6.07, 6.45) is 1.91. The quantitative estimate of drug-likeness (QED) is 0.638. The van der Waals surface area contributed by atoms with E-state index >= 15 is 0 Å². The minimum atomic E-state index is -0.734. The van der Waals surface area contributed by atoms with Gasteiger partial charge in [0.15, 0.2) is 5.82 Å². The normalized spacial score (nSPS) is 22.2. The lowest BCUT2D eigenvalue weighted by Crippen LogP contribution is -2.36. The van der Waals surface area contributed by atoms with E-state index in [2.05, 4.69) is 15.4 Å². The van der Waals surface area contributed by atoms with Crippen LogP contribution in [0.15, 0.2) is 18.3 Å². The molecular formula is C11H13N5O3S. The molecule has 1 aliphatic heterocycles. The molecule has 3 heterocycles. The van der Waals surface area contributed by atoms with Gasteiger partial charge in [0.25, 0.3) is 0 Å². The van der Waals surface area contributed by atoms with Gasteiger partial charge in [-0.1, -0.05) is 9.61 Å². The predicted molar refractivity (Wildman–Crippen MR) is 75.0 cm³/mol. The first kappa shape index (κ1) is 13.1. The Morgan fingerprint density at radius 3 is 3.15 bits per heavy atom. The Labute approximate surface area is 118 Å². The summed E-state index contributed by atoms with van der Waals surface area (Å²) in [5, 5.41) is 28.2. The molecule has 1 aliphatic rings. The van der Waals surface area contributed by atoms with Crippen molar-refractivity contribution in [2.75, 3.05) is 23.4 Å². The summed E-state index contributed by atoms with van der Waals surface area (Å²) in [4.78, 5) is 14.2. The zero-order valence-corrected chi connectivity index (χ0v) is 11.3. The molecule has 0 radical (unpaired) electrons. The Balaban J connectivity index is 1.81. The van der Waals surface area contributed by atoms with E-state index in [-0.39, 0.29) is 5.82 Å². The van der Waals surface area contributed by atoms with Crippen molar-refractivity contribution >= 4 is 29.0 Å². The molecule has 0 saturated carbocycles. The molecule has 0 amide bonds. The number of rotatable bonds is 4. The Hall–Kier alpha value is -1.87. The number of hydrogen-bond acceptors (Lipinski definition) is 7. The van der Waals surface area contributed by atoms with Gasteiger partial charge >= 0.3 is 5.82 Å². The number of nitro groups is 1. The smallest absolute Gasteiger partial charge is 0.368 e. The van der Waals surface area contributed by atoms with Gasteiger partial charge in [0.05, 0.1) is 5.60 Å². The number of nitrogens with one attached hydrogen (secondary N) is 1. The van der Waals surface area contributed by atoms with Gasteiger partial charge in [0.1, 0.15) is 6.20 Å². The average Bonchev–Trinajstić information content (AvgIpc) is 3.02. The standard InChI is InChI=1S/C11H13N5O3S/c17-11(3-4-20-7-11)6-13-8-1-2-9-12-5-10(16(18)19)15(9)14-8/h1-2,5,17H,3-4,6-7H2,(H,13,14). The van der Waals surface area contributed by atoms with Gasteiger partial charge < -0.3 is 20.5 Å². The lowest BCUT2D eigenvalue weighted by atomic mass is 10.0. The highest BCUT2D eigenvalue weighted by Crippen LogP contribution is 2.27. The highest BCUT2D eigenvalue weighted by Gasteiger charge is 2.31. The molecule has 2 aromatic rings. The molecule has 9 heteroatoms. The van der Waals surface area contributed by atoms with Crippen molar-refractivity contribution in [2.24, 2.45) is 0 Å². The molecule has 0 aromatic carbocycles. The van der Waals surface area contributed by atoms with E-state index in [1.54, 1.807) is 23.9 Å². The third-order valence-corrected chi connectivity index (χ3v) is 4.45. The van der Waals surface area contributed by atoms with Gasteiger partial charge in [-0.3, -0.25) is 0 Å². The Bertz CT molecular complexity index is 653. The molecule has 2 N–H and O–H groups in total. The summed E-state index contributed by atoms with van der Waals surface area (Å²) in [5.41, 5.74) is -0.320. The van der Waals surface area contributed by atoms with Crippen LogP contribution < -0.4 is 5.32 Å². The Morgan fingerprint density at radius 1 is 1.60 bits per heavy atom. The second kappa shape index (κ2) is 4.91. The summed E-state index contributed by atoms with van der Waals surface area (Å²) in [7, 11) is 0. The second-order valence-electron chi connectivity index (χ2n) is 4.74. The topological polar surface area (TPSA) is 106 Å². The molecule has 1 unspecified atom stereocenters. The minimum absolute atomic E-state index is 0.182. The van der Waals surface area contributed by atoms with E-state index in [4.69, 9.17) is 0 Å². The van der Waals surface area contributed by atoms with Crippen LogP contribution in [0.2, 0.25) is 0 Å². The van der Waals surface area contributed by atoms with Crippen LogP contribution in [0.5, 0.6) is 0 Å². The molecule has 0 aliphatic carbocycles. The van der Waals surface area contributed by atoms with Crippen molar-refractivity contribution in [3.05, 3.63) is 28.4 Å². The monoisotopic (exact) mass is 295 g/mol. The molecule has 1 fully saturated rings. The summed E-state index contributed by atoms with van der Waals surface area (Å²) in [5.74, 6) is 1.92. The van der Waals surface area contributed by atoms with Crippen LogP contribution in [0.1, 0.15) is 6.42 Å². The third kappa shape index (κ3) is 2.41. The van der Waals surface area contributed by atoms with Crippen molar-refractivity contribution in [1.29, 1.82) is 0 Å². The van der Waals surface area contributed by atoms with Crippen molar-refractivity contribution in [3.8, 4) is 0 Å². The molecule has 20 heavy (non-hydrogen) atoms. The molecular weight excluding hydrogens is 282 g/mol. The van der Waals surface area contributed by atoms with Crippen molar-refractivity contribution in [3.63, 3.8) is 0 Å². The fourth-order valence-corrected chi connectivity index (χ4v) is 3.37. The van der Waals surface area contributed by atoms with Gasteiger partial charge in [-0.25, -0.2) is 4.98 Å². The summed E-state index contributed by atoms with van der Waals surface area (Å²) >= 11 is 1.71. The number of aliphatic hydroxyl groups is 1. The predicted octanol–water partition coefficient (Wildman–Crippen LogP) is 0.917. The molecule has 0 spiro atoms. The summed E-state index contributed by atoms with van der Waals surface area (Å²) in [6.45, 7) is 0.376. The first-order chi connectivity index (χ1) is 9.57. The lowest BCUT2D eigenvalue weighted by Gasteiger charge is -2.21. The number of imidazole rings is 1. The maximum absolute atomic E-state index is 10.8. The highest BCUT2D eigenvalue weighted by molar-refractivity contribution is 7.99. The van der Waals surface area contributed by atoms with Gasteiger partial charge in [-0.15, -0.1) is 0 Å². The van der Waals surface area contributed by atoms with Crippen LogP contribution in [-0.4, -0.2) is 48.3 Å². The molecule has 106 valence electrons. The van der Waals surface area contributed by atoms with Gasteiger partial charge in [0, 0.05) is 18.4 Å². The number of nitrogens with zero attached hydrogens (tertiary/aromatic N) is 4. The number of anilines is 1. The van der Waals surface area contributed by atoms with Gasteiger partial charge in [0.2, 0.25) is 5.65 Å². The molecule has 8 nitrogen and oxygen atoms in total. The van der Waals surface area contributed by atoms with Crippen LogP contribution in [0.3, 0.4) is 0 Å². The Kier molecular flexibility index (Phi) is 3.22. The van der Waals surface area contributed by atoms with Gasteiger partial charge in [-0.05, 0) is 23.2 Å². The summed E-state index contributed by atoms with van der Waals surface area (Å²) < 4.78 is 1.18. The maximum atomic E-state index is 10.8. The van der Waals surface area contributed by atoms with Crippen LogP contribution in [0.25, 0.3) is 5.65 Å². The second-order valence-corrected chi connectivity index (χ2v) is 5.85. The third-order valence-electron chi connectivity index (χ3n) is 3.21. The van der Waals surface area contributed by atoms with Crippen LogP contribution >= 0.6 is 11.8 Å². The number of thioether (sulfide) groups is 1. The lowest BCUT2D eigenvalue weighted by molar-refractivity contribution is -0.391. The fourth-order valence-electron chi connectivity index (χ4n) is 2.07. The molecule has 1 atom stereocenters.